The van der Waals surface area contributed by atoms with Crippen LogP contribution in [0.3, 0.4) is 0 Å². The number of benzene rings is 3. The Bertz CT molecular complexity index is 1120. The highest BCUT2D eigenvalue weighted by Gasteiger charge is 2.13. The SMILES string of the molecule is Cc1ccc(NC(=O)Nc2ccccc2)cc1NC(=O)CCNc1ccccc1[N+](=O)[O-]. The number of amides is 3. The van der Waals surface area contributed by atoms with Crippen LogP contribution in [0.15, 0.2) is 72.8 Å². The lowest BCUT2D eigenvalue weighted by molar-refractivity contribution is -0.384. The minimum absolute atomic E-state index is 0.0451. The Kier molecular flexibility index (Phi) is 7.37. The van der Waals surface area contributed by atoms with Gasteiger partial charge in [-0.2, -0.15) is 0 Å². The van der Waals surface area contributed by atoms with Crippen molar-refractivity contribution < 1.29 is 14.5 Å². The molecular weight excluding hydrogens is 410 g/mol. The second kappa shape index (κ2) is 10.6. The number of anilines is 4. The molecule has 0 bridgehead atoms. The van der Waals surface area contributed by atoms with Crippen molar-refractivity contribution in [3.05, 3.63) is 88.5 Å². The lowest BCUT2D eigenvalue weighted by Crippen LogP contribution is -2.20. The molecule has 3 aromatic carbocycles. The molecule has 32 heavy (non-hydrogen) atoms. The maximum atomic E-state index is 12.4. The lowest BCUT2D eigenvalue weighted by atomic mass is 10.1. The molecule has 0 atom stereocenters. The van der Waals surface area contributed by atoms with E-state index >= 15 is 0 Å². The molecule has 0 aliphatic rings. The van der Waals surface area contributed by atoms with Gasteiger partial charge in [-0.15, -0.1) is 0 Å². The number of nitro benzene ring substituents is 1. The molecule has 164 valence electrons. The number of carbonyl (C=O) groups is 2. The fourth-order valence-corrected chi connectivity index (χ4v) is 2.96. The summed E-state index contributed by atoms with van der Waals surface area (Å²) in [7, 11) is 0. The zero-order valence-electron chi connectivity index (χ0n) is 17.4. The maximum absolute atomic E-state index is 12.4. The van der Waals surface area contributed by atoms with Gasteiger partial charge in [0.2, 0.25) is 5.91 Å². The second-order valence-corrected chi connectivity index (χ2v) is 6.97. The quantitative estimate of drug-likeness (QED) is 0.294. The third kappa shape index (κ3) is 6.30. The van der Waals surface area contributed by atoms with Crippen LogP contribution >= 0.6 is 0 Å². The van der Waals surface area contributed by atoms with Crippen LogP contribution in [0, 0.1) is 17.0 Å². The van der Waals surface area contributed by atoms with E-state index in [1.165, 1.54) is 6.07 Å². The number of hydrogen-bond donors (Lipinski definition) is 4. The van der Waals surface area contributed by atoms with E-state index in [0.29, 0.717) is 22.7 Å². The topological polar surface area (TPSA) is 125 Å². The number of nitro groups is 1. The molecule has 0 heterocycles. The molecule has 3 aromatic rings. The average Bonchev–Trinajstić information content (AvgIpc) is 2.77. The maximum Gasteiger partial charge on any atom is 0.323 e. The summed E-state index contributed by atoms with van der Waals surface area (Å²) >= 11 is 0. The highest BCUT2D eigenvalue weighted by atomic mass is 16.6. The molecule has 9 heteroatoms. The van der Waals surface area contributed by atoms with E-state index in [2.05, 4.69) is 21.3 Å². The second-order valence-electron chi connectivity index (χ2n) is 6.97. The van der Waals surface area contributed by atoms with Crippen molar-refractivity contribution in [2.45, 2.75) is 13.3 Å². The molecule has 9 nitrogen and oxygen atoms in total. The molecule has 0 spiro atoms. The summed E-state index contributed by atoms with van der Waals surface area (Å²) in [6, 6.07) is 20.1. The molecular formula is C23H23N5O4. The molecule has 0 saturated carbocycles. The highest BCUT2D eigenvalue weighted by Crippen LogP contribution is 2.23. The molecule has 0 unspecified atom stereocenters. The largest absolute Gasteiger partial charge is 0.379 e. The van der Waals surface area contributed by atoms with E-state index in [1.807, 2.05) is 25.1 Å². The monoisotopic (exact) mass is 433 g/mol. The number of nitrogens with one attached hydrogen (secondary N) is 4. The Hall–Kier alpha value is -4.40. The zero-order valence-corrected chi connectivity index (χ0v) is 17.4. The Morgan fingerprint density at radius 2 is 1.53 bits per heavy atom. The van der Waals surface area contributed by atoms with Gasteiger partial charge in [-0.25, -0.2) is 4.79 Å². The predicted octanol–water partition coefficient (Wildman–Crippen LogP) is 4.99. The van der Waals surface area contributed by atoms with Crippen molar-refractivity contribution in [3.8, 4) is 0 Å². The van der Waals surface area contributed by atoms with E-state index in [0.717, 1.165) is 5.56 Å². The number of rotatable bonds is 8. The van der Waals surface area contributed by atoms with Crippen LogP contribution in [0.25, 0.3) is 0 Å². The standard InChI is InChI=1S/C23H23N5O4/c1-16-11-12-18(26-23(30)25-17-7-3-2-4-8-17)15-20(16)27-22(29)13-14-24-19-9-5-6-10-21(19)28(31)32/h2-12,15,24H,13-14H2,1H3,(H,27,29)(H2,25,26,30). The predicted molar refractivity (Wildman–Crippen MR) is 125 cm³/mol. The summed E-state index contributed by atoms with van der Waals surface area (Å²) in [4.78, 5) is 35.1. The van der Waals surface area contributed by atoms with E-state index in [-0.39, 0.29) is 24.6 Å². The van der Waals surface area contributed by atoms with Gasteiger partial charge in [0, 0.05) is 36.1 Å². The summed E-state index contributed by atoms with van der Waals surface area (Å²) in [5.41, 5.74) is 2.90. The smallest absolute Gasteiger partial charge is 0.323 e. The van der Waals surface area contributed by atoms with Crippen molar-refractivity contribution in [2.75, 3.05) is 27.8 Å². The van der Waals surface area contributed by atoms with Crippen molar-refractivity contribution in [3.63, 3.8) is 0 Å². The fourth-order valence-electron chi connectivity index (χ4n) is 2.96. The summed E-state index contributed by atoms with van der Waals surface area (Å²) in [6.07, 6.45) is 0.109. The first kappa shape index (κ1) is 22.3. The molecule has 0 fully saturated rings. The van der Waals surface area contributed by atoms with E-state index in [4.69, 9.17) is 0 Å². The van der Waals surface area contributed by atoms with Crippen LogP contribution < -0.4 is 21.3 Å². The highest BCUT2D eigenvalue weighted by molar-refractivity contribution is 6.00. The summed E-state index contributed by atoms with van der Waals surface area (Å²) in [5.74, 6) is -0.259. The third-order valence-corrected chi connectivity index (χ3v) is 4.57. The Morgan fingerprint density at radius 1 is 0.844 bits per heavy atom. The van der Waals surface area contributed by atoms with Gasteiger partial charge in [-0.3, -0.25) is 14.9 Å². The van der Waals surface area contributed by atoms with E-state index in [1.54, 1.807) is 48.5 Å². The number of nitrogens with zero attached hydrogens (tertiary/aromatic N) is 1. The molecule has 0 aromatic heterocycles. The van der Waals surface area contributed by atoms with Crippen LogP contribution in [0.5, 0.6) is 0 Å². The van der Waals surface area contributed by atoms with Crippen molar-refractivity contribution in [2.24, 2.45) is 0 Å². The molecule has 0 radical (unpaired) electrons. The molecule has 3 rings (SSSR count). The number of hydrogen-bond acceptors (Lipinski definition) is 5. The molecule has 3 amide bonds. The number of carbonyl (C=O) groups excluding carboxylic acids is 2. The van der Waals surface area contributed by atoms with Gasteiger partial charge >= 0.3 is 6.03 Å². The Balaban J connectivity index is 1.54. The third-order valence-electron chi connectivity index (χ3n) is 4.57. The van der Waals surface area contributed by atoms with Crippen molar-refractivity contribution in [1.82, 2.24) is 0 Å². The Morgan fingerprint density at radius 3 is 2.28 bits per heavy atom. The van der Waals surface area contributed by atoms with Gasteiger partial charge in [0.25, 0.3) is 5.69 Å². The Labute approximate surface area is 185 Å². The first-order valence-electron chi connectivity index (χ1n) is 9.93. The lowest BCUT2D eigenvalue weighted by Gasteiger charge is -2.13. The summed E-state index contributed by atoms with van der Waals surface area (Å²) in [5, 5.41) is 22.3. The number of aryl methyl sites for hydroxylation is 1. The van der Waals surface area contributed by atoms with Crippen molar-refractivity contribution >= 4 is 40.4 Å². The normalized spacial score (nSPS) is 10.2. The van der Waals surface area contributed by atoms with Crippen LogP contribution in [-0.2, 0) is 4.79 Å². The number of urea groups is 1. The molecule has 4 N–H and O–H groups in total. The minimum Gasteiger partial charge on any atom is -0.379 e. The molecule has 0 aliphatic carbocycles. The first-order valence-corrected chi connectivity index (χ1v) is 9.93. The van der Waals surface area contributed by atoms with Crippen LogP contribution in [0.1, 0.15) is 12.0 Å². The minimum atomic E-state index is -0.474. The van der Waals surface area contributed by atoms with E-state index in [9.17, 15) is 19.7 Å². The average molecular weight is 433 g/mol. The summed E-state index contributed by atoms with van der Waals surface area (Å²) < 4.78 is 0. The summed E-state index contributed by atoms with van der Waals surface area (Å²) in [6.45, 7) is 2.07. The number of para-hydroxylation sites is 3. The zero-order chi connectivity index (χ0) is 22.9. The van der Waals surface area contributed by atoms with Crippen LogP contribution in [0.4, 0.5) is 33.2 Å². The van der Waals surface area contributed by atoms with Gasteiger partial charge in [0.15, 0.2) is 0 Å². The van der Waals surface area contributed by atoms with Gasteiger partial charge in [-0.05, 0) is 42.8 Å². The molecule has 0 aliphatic heterocycles. The van der Waals surface area contributed by atoms with Gasteiger partial charge in [-0.1, -0.05) is 36.4 Å². The van der Waals surface area contributed by atoms with Gasteiger partial charge in [0.1, 0.15) is 5.69 Å². The first-order chi connectivity index (χ1) is 15.4. The van der Waals surface area contributed by atoms with Crippen LogP contribution in [-0.4, -0.2) is 23.4 Å². The fraction of sp³-hybridized carbons (Fsp3) is 0.130. The molecule has 0 saturated heterocycles. The van der Waals surface area contributed by atoms with Crippen LogP contribution in [0.2, 0.25) is 0 Å². The van der Waals surface area contributed by atoms with E-state index < -0.39 is 11.0 Å². The van der Waals surface area contributed by atoms with Gasteiger partial charge in [0.05, 0.1) is 4.92 Å². The van der Waals surface area contributed by atoms with Crippen molar-refractivity contribution in [1.29, 1.82) is 0 Å². The van der Waals surface area contributed by atoms with Gasteiger partial charge < -0.3 is 21.3 Å².